The third kappa shape index (κ3) is 2.72. The van der Waals surface area contributed by atoms with Crippen LogP contribution in [0.25, 0.3) is 0 Å². The van der Waals surface area contributed by atoms with Crippen LogP contribution in [0.15, 0.2) is 30.3 Å². The van der Waals surface area contributed by atoms with Crippen molar-refractivity contribution in [1.29, 1.82) is 0 Å². The molecule has 0 saturated carbocycles. The molecule has 0 bridgehead atoms. The molecule has 106 valence electrons. The predicted octanol–water partition coefficient (Wildman–Crippen LogP) is 5.26. The molecule has 3 heteroatoms. The maximum Gasteiger partial charge on any atom is 0.130 e. The molecule has 0 aliphatic rings. The van der Waals surface area contributed by atoms with Gasteiger partial charge in [-0.1, -0.05) is 19.1 Å². The summed E-state index contributed by atoms with van der Waals surface area (Å²) < 4.78 is 41.4. The smallest absolute Gasteiger partial charge is 0.130 e. The first-order valence-electron chi connectivity index (χ1n) is 6.65. The van der Waals surface area contributed by atoms with Crippen LogP contribution in [0.5, 0.6) is 0 Å². The van der Waals surface area contributed by atoms with Crippen molar-refractivity contribution in [2.75, 3.05) is 0 Å². The van der Waals surface area contributed by atoms with Crippen LogP contribution in [-0.4, -0.2) is 0 Å². The second-order valence-corrected chi connectivity index (χ2v) is 5.10. The van der Waals surface area contributed by atoms with Crippen LogP contribution in [0.3, 0.4) is 0 Å². The summed E-state index contributed by atoms with van der Waals surface area (Å²) in [4.78, 5) is 0. The van der Waals surface area contributed by atoms with E-state index in [9.17, 15) is 13.2 Å². The fourth-order valence-corrected chi connectivity index (χ4v) is 2.65. The van der Waals surface area contributed by atoms with E-state index in [-0.39, 0.29) is 5.82 Å². The van der Waals surface area contributed by atoms with Crippen molar-refractivity contribution in [3.63, 3.8) is 0 Å². The Bertz CT molecular complexity index is 609. The van der Waals surface area contributed by atoms with Crippen LogP contribution >= 0.6 is 0 Å². The van der Waals surface area contributed by atoms with Crippen LogP contribution in [0.4, 0.5) is 13.2 Å². The van der Waals surface area contributed by atoms with E-state index in [1.54, 1.807) is 26.0 Å². The monoisotopic (exact) mass is 278 g/mol. The Hall–Kier alpha value is -1.77. The van der Waals surface area contributed by atoms with Crippen molar-refractivity contribution in [2.45, 2.75) is 33.1 Å². The fraction of sp³-hybridized carbons (Fsp3) is 0.294. The van der Waals surface area contributed by atoms with E-state index in [2.05, 4.69) is 0 Å². The summed E-state index contributed by atoms with van der Waals surface area (Å²) in [5, 5.41) is 0. The molecule has 0 radical (unpaired) electrons. The Morgan fingerprint density at radius 1 is 0.950 bits per heavy atom. The first kappa shape index (κ1) is 14.6. The van der Waals surface area contributed by atoms with Gasteiger partial charge in [0.15, 0.2) is 0 Å². The Morgan fingerprint density at radius 2 is 1.65 bits per heavy atom. The Morgan fingerprint density at radius 3 is 2.20 bits per heavy atom. The highest BCUT2D eigenvalue weighted by Gasteiger charge is 2.22. The van der Waals surface area contributed by atoms with Crippen molar-refractivity contribution in [3.8, 4) is 0 Å². The molecule has 20 heavy (non-hydrogen) atoms. The highest BCUT2D eigenvalue weighted by atomic mass is 19.1. The van der Waals surface area contributed by atoms with Crippen LogP contribution in [0.2, 0.25) is 0 Å². The first-order valence-corrected chi connectivity index (χ1v) is 6.65. The van der Waals surface area contributed by atoms with Gasteiger partial charge in [0.05, 0.1) is 0 Å². The van der Waals surface area contributed by atoms with Gasteiger partial charge in [-0.2, -0.15) is 0 Å². The zero-order chi connectivity index (χ0) is 14.9. The summed E-state index contributed by atoms with van der Waals surface area (Å²) in [5.41, 5.74) is 2.15. The molecule has 2 rings (SSSR count). The van der Waals surface area contributed by atoms with Crippen LogP contribution < -0.4 is 0 Å². The van der Waals surface area contributed by atoms with E-state index in [0.717, 1.165) is 11.6 Å². The largest absolute Gasteiger partial charge is 0.207 e. The Kier molecular flexibility index (Phi) is 4.17. The summed E-state index contributed by atoms with van der Waals surface area (Å²) in [6.45, 7) is 5.32. The minimum atomic E-state index is -0.616. The summed E-state index contributed by atoms with van der Waals surface area (Å²) in [5.74, 6) is -1.98. The number of rotatable bonds is 3. The summed E-state index contributed by atoms with van der Waals surface area (Å²) in [6, 6.07) is 7.07. The van der Waals surface area contributed by atoms with E-state index in [4.69, 9.17) is 0 Å². The minimum absolute atomic E-state index is 0.347. The molecule has 2 aromatic carbocycles. The van der Waals surface area contributed by atoms with Gasteiger partial charge in [-0.25, -0.2) is 13.2 Å². The molecule has 1 atom stereocenters. The third-order valence-corrected chi connectivity index (χ3v) is 3.59. The average Bonchev–Trinajstić information content (AvgIpc) is 2.34. The van der Waals surface area contributed by atoms with Crippen molar-refractivity contribution in [3.05, 3.63) is 70.0 Å². The minimum Gasteiger partial charge on any atom is -0.207 e. The van der Waals surface area contributed by atoms with E-state index in [1.807, 2.05) is 6.92 Å². The van der Waals surface area contributed by atoms with E-state index in [0.29, 0.717) is 23.1 Å². The molecule has 0 heterocycles. The molecular formula is C17H17F3. The van der Waals surface area contributed by atoms with Gasteiger partial charge in [-0.3, -0.25) is 0 Å². The molecule has 2 aromatic rings. The highest BCUT2D eigenvalue weighted by molar-refractivity contribution is 5.40. The third-order valence-electron chi connectivity index (χ3n) is 3.59. The zero-order valence-electron chi connectivity index (χ0n) is 11.8. The van der Waals surface area contributed by atoms with E-state index in [1.165, 1.54) is 12.1 Å². The summed E-state index contributed by atoms with van der Waals surface area (Å²) >= 11 is 0. The van der Waals surface area contributed by atoms with Crippen LogP contribution in [0, 0.1) is 31.3 Å². The van der Waals surface area contributed by atoms with Gasteiger partial charge in [-0.15, -0.1) is 0 Å². The molecule has 0 nitrogen and oxygen atoms in total. The SMILES string of the molecule is CCC(c1ccc(C)cc1F)c1c(C)cc(F)cc1F. The number of aryl methyl sites for hydroxylation is 2. The number of hydrogen-bond acceptors (Lipinski definition) is 0. The van der Waals surface area contributed by atoms with Crippen molar-refractivity contribution in [2.24, 2.45) is 0 Å². The average molecular weight is 278 g/mol. The maximum atomic E-state index is 14.1. The lowest BCUT2D eigenvalue weighted by molar-refractivity contribution is 0.546. The topological polar surface area (TPSA) is 0 Å². The molecule has 1 unspecified atom stereocenters. The van der Waals surface area contributed by atoms with Crippen molar-refractivity contribution in [1.82, 2.24) is 0 Å². The van der Waals surface area contributed by atoms with Gasteiger partial charge < -0.3 is 0 Å². The number of benzene rings is 2. The van der Waals surface area contributed by atoms with Gasteiger partial charge in [0.2, 0.25) is 0 Å². The second kappa shape index (κ2) is 5.70. The number of halogens is 3. The molecular weight excluding hydrogens is 261 g/mol. The quantitative estimate of drug-likeness (QED) is 0.718. The standard InChI is InChI=1S/C17H17F3/c1-4-13(14-6-5-10(2)7-15(14)19)17-11(3)8-12(18)9-16(17)20/h5-9,13H,4H2,1-3H3. The Labute approximate surface area is 117 Å². The normalized spacial score (nSPS) is 12.5. The van der Waals surface area contributed by atoms with Gasteiger partial charge >= 0.3 is 0 Å². The van der Waals surface area contributed by atoms with Crippen molar-refractivity contribution >= 4 is 0 Å². The molecule has 0 fully saturated rings. The van der Waals surface area contributed by atoms with Gasteiger partial charge in [0.25, 0.3) is 0 Å². The molecule has 0 saturated heterocycles. The molecule has 0 aliphatic carbocycles. The molecule has 0 aliphatic heterocycles. The molecule has 0 spiro atoms. The molecule has 0 aromatic heterocycles. The highest BCUT2D eigenvalue weighted by Crippen LogP contribution is 2.34. The lowest BCUT2D eigenvalue weighted by atomic mass is 9.85. The second-order valence-electron chi connectivity index (χ2n) is 5.10. The molecule has 0 N–H and O–H groups in total. The number of hydrogen-bond donors (Lipinski definition) is 0. The maximum absolute atomic E-state index is 14.1. The Balaban J connectivity index is 2.58. The lowest BCUT2D eigenvalue weighted by Crippen LogP contribution is -2.08. The molecule has 0 amide bonds. The van der Waals surface area contributed by atoms with Gasteiger partial charge in [-0.05, 0) is 54.7 Å². The van der Waals surface area contributed by atoms with Crippen LogP contribution in [-0.2, 0) is 0 Å². The van der Waals surface area contributed by atoms with Gasteiger partial charge in [0.1, 0.15) is 17.5 Å². The fourth-order valence-electron chi connectivity index (χ4n) is 2.65. The lowest BCUT2D eigenvalue weighted by Gasteiger charge is -2.20. The zero-order valence-corrected chi connectivity index (χ0v) is 11.8. The first-order chi connectivity index (χ1) is 9.43. The predicted molar refractivity (Wildman–Crippen MR) is 74.4 cm³/mol. The van der Waals surface area contributed by atoms with Gasteiger partial charge in [0, 0.05) is 12.0 Å². The summed E-state index contributed by atoms with van der Waals surface area (Å²) in [7, 11) is 0. The van der Waals surface area contributed by atoms with E-state index < -0.39 is 17.6 Å². The van der Waals surface area contributed by atoms with Crippen molar-refractivity contribution < 1.29 is 13.2 Å². The van der Waals surface area contributed by atoms with E-state index >= 15 is 0 Å². The summed E-state index contributed by atoms with van der Waals surface area (Å²) in [6.07, 6.45) is 0.545. The van der Waals surface area contributed by atoms with Crippen LogP contribution in [0.1, 0.15) is 41.5 Å².